The molecule has 1 heterocycles. The maximum absolute atomic E-state index is 11.7. The maximum atomic E-state index is 11.7. The fourth-order valence-electron chi connectivity index (χ4n) is 1.29. The summed E-state index contributed by atoms with van der Waals surface area (Å²) in [4.78, 5) is 11.7. The monoisotopic (exact) mass is 238 g/mol. The van der Waals surface area contributed by atoms with E-state index >= 15 is 0 Å². The van der Waals surface area contributed by atoms with E-state index in [0.29, 0.717) is 13.2 Å². The predicted molar refractivity (Wildman–Crippen MR) is 64.5 cm³/mol. The van der Waals surface area contributed by atoms with E-state index in [2.05, 4.69) is 15.5 Å². The van der Waals surface area contributed by atoms with E-state index in [4.69, 9.17) is 10.5 Å². The Balaban J connectivity index is 2.53. The first-order valence-electron chi connectivity index (χ1n) is 5.46. The lowest BCUT2D eigenvalue weighted by atomic mass is 10.1. The molecule has 94 valence electrons. The van der Waals surface area contributed by atoms with Crippen molar-refractivity contribution >= 4 is 11.7 Å². The molecule has 0 saturated carbocycles. The number of nitrogens with two attached hydrogens (primary N) is 1. The van der Waals surface area contributed by atoms with Gasteiger partial charge in [-0.2, -0.15) is 0 Å². The van der Waals surface area contributed by atoms with E-state index in [1.807, 2.05) is 20.8 Å². The van der Waals surface area contributed by atoms with Crippen molar-refractivity contribution in [3.8, 4) is 0 Å². The fraction of sp³-hybridized carbons (Fsp3) is 0.545. The molecule has 0 aliphatic rings. The van der Waals surface area contributed by atoms with Gasteiger partial charge >= 0.3 is 0 Å². The summed E-state index contributed by atoms with van der Waals surface area (Å²) < 4.78 is 5.46. The van der Waals surface area contributed by atoms with Gasteiger partial charge in [0.2, 0.25) is 0 Å². The van der Waals surface area contributed by atoms with Crippen LogP contribution < -0.4 is 11.1 Å². The second-order valence-electron chi connectivity index (χ2n) is 4.22. The highest BCUT2D eigenvalue weighted by atomic mass is 16.5. The number of carbonyl (C=O) groups excluding carboxylic acids is 1. The minimum Gasteiger partial charge on any atom is -0.382 e. The number of amides is 1. The minimum atomic E-state index is -0.397. The van der Waals surface area contributed by atoms with Gasteiger partial charge in [0, 0.05) is 13.2 Å². The number of rotatable bonds is 5. The minimum absolute atomic E-state index is 0.242. The van der Waals surface area contributed by atoms with Gasteiger partial charge in [0.1, 0.15) is 5.82 Å². The van der Waals surface area contributed by atoms with Crippen LogP contribution in [0.3, 0.4) is 0 Å². The molecular weight excluding hydrogens is 220 g/mol. The molecule has 0 aromatic carbocycles. The van der Waals surface area contributed by atoms with Gasteiger partial charge in [0.15, 0.2) is 5.69 Å². The van der Waals surface area contributed by atoms with Gasteiger partial charge in [0.25, 0.3) is 5.91 Å². The van der Waals surface area contributed by atoms with Crippen LogP contribution in [0.2, 0.25) is 0 Å². The van der Waals surface area contributed by atoms with Gasteiger partial charge in [-0.05, 0) is 32.9 Å². The van der Waals surface area contributed by atoms with Crippen LogP contribution in [0.5, 0.6) is 0 Å². The van der Waals surface area contributed by atoms with Crippen molar-refractivity contribution in [2.24, 2.45) is 0 Å². The average molecular weight is 238 g/mol. The topological polar surface area (TPSA) is 90.1 Å². The molecule has 0 aliphatic heterocycles. The smallest absolute Gasteiger partial charge is 0.271 e. The van der Waals surface area contributed by atoms with Gasteiger partial charge < -0.3 is 15.8 Å². The molecule has 0 spiro atoms. The van der Waals surface area contributed by atoms with Gasteiger partial charge in [-0.3, -0.25) is 4.79 Å². The molecule has 17 heavy (non-hydrogen) atoms. The van der Waals surface area contributed by atoms with E-state index in [9.17, 15) is 4.79 Å². The summed E-state index contributed by atoms with van der Waals surface area (Å²) >= 11 is 0. The third-order valence-corrected chi connectivity index (χ3v) is 2.13. The van der Waals surface area contributed by atoms with Crippen molar-refractivity contribution < 1.29 is 9.53 Å². The van der Waals surface area contributed by atoms with E-state index in [1.54, 1.807) is 0 Å². The van der Waals surface area contributed by atoms with Crippen molar-refractivity contribution in [1.82, 2.24) is 15.5 Å². The second kappa shape index (κ2) is 5.58. The number of aromatic nitrogens is 2. The van der Waals surface area contributed by atoms with Gasteiger partial charge in [0.05, 0.1) is 5.60 Å². The molecule has 1 amide bonds. The van der Waals surface area contributed by atoms with E-state index < -0.39 is 5.60 Å². The molecule has 0 fully saturated rings. The van der Waals surface area contributed by atoms with Crippen LogP contribution in [0, 0.1) is 0 Å². The van der Waals surface area contributed by atoms with Crippen molar-refractivity contribution in [1.29, 1.82) is 0 Å². The summed E-state index contributed by atoms with van der Waals surface area (Å²) in [7, 11) is 0. The highest BCUT2D eigenvalue weighted by Crippen LogP contribution is 2.07. The Morgan fingerprint density at radius 2 is 2.18 bits per heavy atom. The average Bonchev–Trinajstić information content (AvgIpc) is 2.27. The third-order valence-electron chi connectivity index (χ3n) is 2.13. The molecule has 0 bridgehead atoms. The summed E-state index contributed by atoms with van der Waals surface area (Å²) in [5.74, 6) is 0.00137. The van der Waals surface area contributed by atoms with Crippen LogP contribution >= 0.6 is 0 Å². The molecule has 0 saturated heterocycles. The van der Waals surface area contributed by atoms with Crippen LogP contribution in [-0.2, 0) is 4.74 Å². The molecule has 6 nitrogen and oxygen atoms in total. The second-order valence-corrected chi connectivity index (χ2v) is 4.22. The summed E-state index contributed by atoms with van der Waals surface area (Å²) in [5, 5.41) is 10.0. The third kappa shape index (κ3) is 4.36. The first-order chi connectivity index (χ1) is 7.94. The Labute approximate surface area is 101 Å². The van der Waals surface area contributed by atoms with Crippen molar-refractivity contribution in [2.45, 2.75) is 26.4 Å². The Hall–Kier alpha value is -1.69. The van der Waals surface area contributed by atoms with Gasteiger partial charge in [-0.1, -0.05) is 0 Å². The molecule has 1 aromatic rings. The zero-order chi connectivity index (χ0) is 12.9. The molecule has 3 N–H and O–H groups in total. The zero-order valence-electron chi connectivity index (χ0n) is 10.4. The zero-order valence-corrected chi connectivity index (χ0v) is 10.4. The Kier molecular flexibility index (Phi) is 4.39. The first-order valence-corrected chi connectivity index (χ1v) is 5.46. The van der Waals surface area contributed by atoms with Crippen molar-refractivity contribution in [2.75, 3.05) is 18.9 Å². The molecular formula is C11H18N4O2. The van der Waals surface area contributed by atoms with Gasteiger partial charge in [-0.25, -0.2) is 0 Å². The number of ether oxygens (including phenoxy) is 1. The maximum Gasteiger partial charge on any atom is 0.271 e. The SMILES string of the molecule is CCOC(C)(C)CNC(=O)c1ccc(N)nn1. The highest BCUT2D eigenvalue weighted by Gasteiger charge is 2.19. The first kappa shape index (κ1) is 13.4. The van der Waals surface area contributed by atoms with Crippen molar-refractivity contribution in [3.05, 3.63) is 17.8 Å². The summed E-state index contributed by atoms with van der Waals surface area (Å²) in [6, 6.07) is 3.07. The van der Waals surface area contributed by atoms with Crippen LogP contribution in [0.25, 0.3) is 0 Å². The molecule has 1 aromatic heterocycles. The van der Waals surface area contributed by atoms with Crippen LogP contribution in [0.15, 0.2) is 12.1 Å². The lowest BCUT2D eigenvalue weighted by Gasteiger charge is -2.24. The summed E-state index contributed by atoms with van der Waals surface area (Å²) in [6.07, 6.45) is 0. The van der Waals surface area contributed by atoms with E-state index in [-0.39, 0.29) is 17.4 Å². The number of anilines is 1. The molecule has 6 heteroatoms. The lowest BCUT2D eigenvalue weighted by molar-refractivity contribution is -0.00819. The highest BCUT2D eigenvalue weighted by molar-refractivity contribution is 5.92. The quantitative estimate of drug-likeness (QED) is 0.784. The number of nitrogens with zero attached hydrogens (tertiary/aromatic N) is 2. The largest absolute Gasteiger partial charge is 0.382 e. The number of hydrogen-bond donors (Lipinski definition) is 2. The Morgan fingerprint density at radius 3 is 2.71 bits per heavy atom. The number of carbonyl (C=O) groups is 1. The number of hydrogen-bond acceptors (Lipinski definition) is 5. The molecule has 0 aliphatic carbocycles. The van der Waals surface area contributed by atoms with Crippen molar-refractivity contribution in [3.63, 3.8) is 0 Å². The molecule has 1 rings (SSSR count). The molecule has 0 unspecified atom stereocenters. The molecule has 0 atom stereocenters. The van der Waals surface area contributed by atoms with Crippen LogP contribution in [0.4, 0.5) is 5.82 Å². The Morgan fingerprint density at radius 1 is 1.47 bits per heavy atom. The summed E-state index contributed by atoms with van der Waals surface area (Å²) in [6.45, 7) is 6.74. The standard InChI is InChI=1S/C11H18N4O2/c1-4-17-11(2,3)7-13-10(16)8-5-6-9(12)15-14-8/h5-6H,4,7H2,1-3H3,(H2,12,15)(H,13,16). The van der Waals surface area contributed by atoms with Gasteiger partial charge in [-0.15, -0.1) is 10.2 Å². The molecule has 0 radical (unpaired) electrons. The number of nitrogen functional groups attached to an aromatic ring is 1. The fourth-order valence-corrected chi connectivity index (χ4v) is 1.29. The van der Waals surface area contributed by atoms with Crippen LogP contribution in [-0.4, -0.2) is 34.9 Å². The Bertz CT molecular complexity index is 376. The van der Waals surface area contributed by atoms with Crippen LogP contribution in [0.1, 0.15) is 31.3 Å². The lowest BCUT2D eigenvalue weighted by Crippen LogP contribution is -2.40. The van der Waals surface area contributed by atoms with E-state index in [1.165, 1.54) is 12.1 Å². The summed E-state index contributed by atoms with van der Waals surface area (Å²) in [5.41, 5.74) is 5.23. The van der Waals surface area contributed by atoms with E-state index in [0.717, 1.165) is 0 Å². The predicted octanol–water partition coefficient (Wildman–Crippen LogP) is 0.604. The normalized spacial score (nSPS) is 11.2. The number of nitrogens with one attached hydrogen (secondary N) is 1.